The van der Waals surface area contributed by atoms with Gasteiger partial charge < -0.3 is 10.6 Å². The van der Waals surface area contributed by atoms with Gasteiger partial charge in [-0.05, 0) is 67.1 Å². The van der Waals surface area contributed by atoms with Gasteiger partial charge in [0.05, 0.1) is 11.4 Å². The van der Waals surface area contributed by atoms with Crippen LogP contribution in [0.2, 0.25) is 0 Å². The molecule has 1 saturated heterocycles. The van der Waals surface area contributed by atoms with E-state index in [4.69, 9.17) is 0 Å². The third-order valence-corrected chi connectivity index (χ3v) is 6.93. The summed E-state index contributed by atoms with van der Waals surface area (Å²) in [7, 11) is 0. The number of fused-ring (bicyclic) bond motifs is 1. The minimum Gasteiger partial charge on any atom is -0.354 e. The lowest BCUT2D eigenvalue weighted by molar-refractivity contribution is -0.133. The van der Waals surface area contributed by atoms with Gasteiger partial charge in [-0.15, -0.1) is 0 Å². The van der Waals surface area contributed by atoms with Crippen LogP contribution in [-0.4, -0.2) is 17.9 Å². The molecule has 0 radical (unpaired) electrons. The Labute approximate surface area is 200 Å². The standard InChI is InChI=1S/C28H30N4O2/c33-27(30-25-16-7-6-15-24(25)29-21-11-2-1-3-12-21)20-10-8-9-19(17-20)18-26-22-13-4-5-14-23(22)28(34)32-31-26/h1-3,6-12,15-17,22-23,26,29,31H,4-5,13-14,18H2,(H,30,33)(H,32,34). The zero-order chi connectivity index (χ0) is 23.3. The van der Waals surface area contributed by atoms with E-state index >= 15 is 0 Å². The number of carbonyl (C=O) groups excluding carboxylic acids is 2. The van der Waals surface area contributed by atoms with Crippen molar-refractivity contribution in [3.8, 4) is 0 Å². The predicted octanol–water partition coefficient (Wildman–Crippen LogP) is 5.03. The summed E-state index contributed by atoms with van der Waals surface area (Å²) in [6, 6.07) is 25.5. The van der Waals surface area contributed by atoms with Crippen molar-refractivity contribution in [2.45, 2.75) is 38.1 Å². The van der Waals surface area contributed by atoms with Crippen molar-refractivity contribution in [1.29, 1.82) is 0 Å². The highest BCUT2D eigenvalue weighted by Gasteiger charge is 2.39. The fraction of sp³-hybridized carbons (Fsp3) is 0.286. The molecular formula is C28H30N4O2. The molecular weight excluding hydrogens is 424 g/mol. The fourth-order valence-electron chi connectivity index (χ4n) is 5.20. The third-order valence-electron chi connectivity index (χ3n) is 6.93. The second kappa shape index (κ2) is 10.1. The van der Waals surface area contributed by atoms with Crippen molar-refractivity contribution < 1.29 is 9.59 Å². The summed E-state index contributed by atoms with van der Waals surface area (Å²) in [6.45, 7) is 0. The van der Waals surface area contributed by atoms with E-state index in [1.165, 1.54) is 6.42 Å². The van der Waals surface area contributed by atoms with Crippen LogP contribution in [0, 0.1) is 11.8 Å². The van der Waals surface area contributed by atoms with Crippen LogP contribution in [0.1, 0.15) is 41.6 Å². The monoisotopic (exact) mass is 454 g/mol. The average Bonchev–Trinajstić information content (AvgIpc) is 2.88. The number of carbonyl (C=O) groups is 2. The van der Waals surface area contributed by atoms with Crippen molar-refractivity contribution >= 4 is 28.9 Å². The predicted molar refractivity (Wildman–Crippen MR) is 135 cm³/mol. The Bertz CT molecular complexity index is 1160. The van der Waals surface area contributed by atoms with Gasteiger partial charge in [-0.2, -0.15) is 0 Å². The Kier molecular flexibility index (Phi) is 6.58. The van der Waals surface area contributed by atoms with Crippen LogP contribution in [0.5, 0.6) is 0 Å². The van der Waals surface area contributed by atoms with Gasteiger partial charge in [0.15, 0.2) is 0 Å². The summed E-state index contributed by atoms with van der Waals surface area (Å²) in [6.07, 6.45) is 5.10. The van der Waals surface area contributed by atoms with E-state index in [-0.39, 0.29) is 23.8 Å². The summed E-state index contributed by atoms with van der Waals surface area (Å²) in [5, 5.41) is 6.42. The number of nitrogens with one attached hydrogen (secondary N) is 4. The Hall–Kier alpha value is -3.64. The van der Waals surface area contributed by atoms with Crippen molar-refractivity contribution in [3.63, 3.8) is 0 Å². The van der Waals surface area contributed by atoms with E-state index in [1.54, 1.807) is 0 Å². The summed E-state index contributed by atoms with van der Waals surface area (Å²) < 4.78 is 0. The molecule has 6 heteroatoms. The minimum absolute atomic E-state index is 0.0973. The molecule has 4 N–H and O–H groups in total. The van der Waals surface area contributed by atoms with Gasteiger partial charge in [0, 0.05) is 23.2 Å². The molecule has 2 fully saturated rings. The van der Waals surface area contributed by atoms with Gasteiger partial charge in [0.25, 0.3) is 5.91 Å². The van der Waals surface area contributed by atoms with Crippen LogP contribution in [0.4, 0.5) is 17.1 Å². The number of benzene rings is 3. The molecule has 34 heavy (non-hydrogen) atoms. The fourth-order valence-corrected chi connectivity index (χ4v) is 5.20. The van der Waals surface area contributed by atoms with E-state index < -0.39 is 0 Å². The van der Waals surface area contributed by atoms with Crippen LogP contribution < -0.4 is 21.5 Å². The lowest BCUT2D eigenvalue weighted by Crippen LogP contribution is -2.60. The van der Waals surface area contributed by atoms with Gasteiger partial charge in [0.2, 0.25) is 5.91 Å². The number of hydrogen-bond donors (Lipinski definition) is 4. The number of anilines is 3. The molecule has 0 spiro atoms. The number of hydrazine groups is 1. The lowest BCUT2D eigenvalue weighted by atomic mass is 9.72. The number of rotatable bonds is 6. The van der Waals surface area contributed by atoms with Crippen molar-refractivity contribution in [2.75, 3.05) is 10.6 Å². The summed E-state index contributed by atoms with van der Waals surface area (Å²) >= 11 is 0. The van der Waals surface area contributed by atoms with E-state index in [2.05, 4.69) is 27.6 Å². The zero-order valence-corrected chi connectivity index (χ0v) is 19.1. The molecule has 3 atom stereocenters. The summed E-state index contributed by atoms with van der Waals surface area (Å²) in [5.74, 6) is 0.414. The van der Waals surface area contributed by atoms with Crippen LogP contribution in [0.3, 0.4) is 0 Å². The molecule has 3 aromatic rings. The van der Waals surface area contributed by atoms with E-state index in [1.807, 2.05) is 72.8 Å². The molecule has 3 aromatic carbocycles. The number of hydrogen-bond acceptors (Lipinski definition) is 4. The Balaban J connectivity index is 1.29. The highest BCUT2D eigenvalue weighted by Crippen LogP contribution is 2.35. The molecule has 1 aliphatic carbocycles. The third kappa shape index (κ3) is 4.97. The highest BCUT2D eigenvalue weighted by molar-refractivity contribution is 6.06. The Morgan fingerprint density at radius 2 is 1.65 bits per heavy atom. The maximum absolute atomic E-state index is 13.1. The Morgan fingerprint density at radius 3 is 2.50 bits per heavy atom. The van der Waals surface area contributed by atoms with Crippen LogP contribution >= 0.6 is 0 Å². The second-order valence-corrected chi connectivity index (χ2v) is 9.19. The average molecular weight is 455 g/mol. The van der Waals surface area contributed by atoms with Crippen molar-refractivity contribution in [2.24, 2.45) is 11.8 Å². The van der Waals surface area contributed by atoms with Crippen molar-refractivity contribution in [3.05, 3.63) is 90.0 Å². The molecule has 1 saturated carbocycles. The first-order valence-electron chi connectivity index (χ1n) is 12.0. The topological polar surface area (TPSA) is 82.3 Å². The molecule has 2 amide bonds. The largest absolute Gasteiger partial charge is 0.354 e. The molecule has 2 aliphatic rings. The Morgan fingerprint density at radius 1 is 0.882 bits per heavy atom. The van der Waals surface area contributed by atoms with Crippen LogP contribution in [-0.2, 0) is 11.2 Å². The number of para-hydroxylation sites is 3. The molecule has 5 rings (SSSR count). The quantitative estimate of drug-likeness (QED) is 0.421. The van der Waals surface area contributed by atoms with E-state index in [0.29, 0.717) is 11.5 Å². The van der Waals surface area contributed by atoms with E-state index in [9.17, 15) is 9.59 Å². The molecule has 0 bridgehead atoms. The van der Waals surface area contributed by atoms with Gasteiger partial charge in [-0.1, -0.05) is 55.3 Å². The second-order valence-electron chi connectivity index (χ2n) is 9.19. The first-order valence-corrected chi connectivity index (χ1v) is 12.0. The molecule has 0 aromatic heterocycles. The van der Waals surface area contributed by atoms with Gasteiger partial charge in [0.1, 0.15) is 0 Å². The first-order chi connectivity index (χ1) is 16.7. The van der Waals surface area contributed by atoms with Crippen LogP contribution in [0.25, 0.3) is 0 Å². The van der Waals surface area contributed by atoms with Gasteiger partial charge in [-0.3, -0.25) is 15.0 Å². The van der Waals surface area contributed by atoms with Gasteiger partial charge in [-0.25, -0.2) is 5.43 Å². The van der Waals surface area contributed by atoms with Crippen molar-refractivity contribution in [1.82, 2.24) is 10.9 Å². The minimum atomic E-state index is -0.149. The van der Waals surface area contributed by atoms with Crippen LogP contribution in [0.15, 0.2) is 78.9 Å². The number of amides is 2. The first kappa shape index (κ1) is 22.2. The SMILES string of the molecule is O=C(Nc1ccccc1Nc1ccccc1)c1cccc(CC2NNC(=O)C3CCCCC23)c1. The van der Waals surface area contributed by atoms with E-state index in [0.717, 1.165) is 48.3 Å². The maximum Gasteiger partial charge on any atom is 0.255 e. The zero-order valence-electron chi connectivity index (χ0n) is 19.1. The molecule has 6 nitrogen and oxygen atoms in total. The summed E-state index contributed by atoms with van der Waals surface area (Å²) in [4.78, 5) is 25.4. The summed E-state index contributed by atoms with van der Waals surface area (Å²) in [5.41, 5.74) is 10.3. The lowest BCUT2D eigenvalue weighted by Gasteiger charge is -2.41. The molecule has 1 aliphatic heterocycles. The smallest absolute Gasteiger partial charge is 0.255 e. The van der Waals surface area contributed by atoms with Gasteiger partial charge >= 0.3 is 0 Å². The molecule has 1 heterocycles. The molecule has 3 unspecified atom stereocenters. The molecule has 174 valence electrons. The maximum atomic E-state index is 13.1. The normalized spacial score (nSPS) is 21.8. The highest BCUT2D eigenvalue weighted by atomic mass is 16.2.